The van der Waals surface area contributed by atoms with Crippen molar-refractivity contribution in [3.05, 3.63) is 29.8 Å². The van der Waals surface area contributed by atoms with Crippen LogP contribution < -0.4 is 4.74 Å². The molecule has 90 valence electrons. The maximum atomic E-state index is 10.1. The monoisotopic (exact) mass is 224 g/mol. The first-order chi connectivity index (χ1) is 7.50. The Morgan fingerprint density at radius 1 is 1.25 bits per heavy atom. The molecule has 0 aliphatic rings. The van der Waals surface area contributed by atoms with Gasteiger partial charge in [0.15, 0.2) is 0 Å². The number of rotatable bonds is 5. The standard InChI is InChI=1S/C13H20O3/c1-13(2,16-4)9-11(14)10-7-5-6-8-12(10)15-3/h5-8,11,14H,9H2,1-4H3. The van der Waals surface area contributed by atoms with Gasteiger partial charge in [0.05, 0.1) is 18.8 Å². The van der Waals surface area contributed by atoms with E-state index in [0.717, 1.165) is 5.56 Å². The largest absolute Gasteiger partial charge is 0.496 e. The van der Waals surface area contributed by atoms with E-state index in [-0.39, 0.29) is 5.60 Å². The summed E-state index contributed by atoms with van der Waals surface area (Å²) in [5, 5.41) is 10.1. The van der Waals surface area contributed by atoms with E-state index in [9.17, 15) is 5.11 Å². The fraction of sp³-hybridized carbons (Fsp3) is 0.538. The van der Waals surface area contributed by atoms with Crippen molar-refractivity contribution in [3.8, 4) is 5.75 Å². The highest BCUT2D eigenvalue weighted by Gasteiger charge is 2.24. The van der Waals surface area contributed by atoms with Crippen molar-refractivity contribution >= 4 is 0 Å². The molecule has 0 amide bonds. The molecule has 3 nitrogen and oxygen atoms in total. The molecule has 0 spiro atoms. The van der Waals surface area contributed by atoms with E-state index in [1.165, 1.54) is 0 Å². The van der Waals surface area contributed by atoms with Crippen LogP contribution in [-0.4, -0.2) is 24.9 Å². The average Bonchev–Trinajstić information content (AvgIpc) is 2.28. The van der Waals surface area contributed by atoms with Crippen LogP contribution in [0.3, 0.4) is 0 Å². The Kier molecular flexibility index (Phi) is 4.33. The zero-order valence-corrected chi connectivity index (χ0v) is 10.4. The van der Waals surface area contributed by atoms with Gasteiger partial charge in [0, 0.05) is 19.1 Å². The number of aliphatic hydroxyl groups excluding tert-OH is 1. The van der Waals surface area contributed by atoms with Gasteiger partial charge in [-0.05, 0) is 19.9 Å². The SMILES string of the molecule is COc1ccccc1C(O)CC(C)(C)OC. The molecule has 1 N–H and O–H groups in total. The summed E-state index contributed by atoms with van der Waals surface area (Å²) < 4.78 is 10.5. The summed E-state index contributed by atoms with van der Waals surface area (Å²) >= 11 is 0. The summed E-state index contributed by atoms with van der Waals surface area (Å²) in [6, 6.07) is 7.49. The van der Waals surface area contributed by atoms with E-state index in [0.29, 0.717) is 12.2 Å². The summed E-state index contributed by atoms with van der Waals surface area (Å²) in [5.74, 6) is 0.710. The quantitative estimate of drug-likeness (QED) is 0.835. The Morgan fingerprint density at radius 3 is 2.44 bits per heavy atom. The van der Waals surface area contributed by atoms with Gasteiger partial charge in [-0.3, -0.25) is 0 Å². The zero-order valence-electron chi connectivity index (χ0n) is 10.4. The van der Waals surface area contributed by atoms with Crippen molar-refractivity contribution in [3.63, 3.8) is 0 Å². The molecular formula is C13H20O3. The van der Waals surface area contributed by atoms with E-state index >= 15 is 0 Å². The Morgan fingerprint density at radius 2 is 1.88 bits per heavy atom. The molecule has 0 heterocycles. The smallest absolute Gasteiger partial charge is 0.124 e. The Hall–Kier alpha value is -1.06. The highest BCUT2D eigenvalue weighted by Crippen LogP contribution is 2.31. The van der Waals surface area contributed by atoms with E-state index in [1.54, 1.807) is 14.2 Å². The summed E-state index contributed by atoms with van der Waals surface area (Å²) in [6.07, 6.45) is -0.0461. The molecule has 1 aromatic rings. The number of ether oxygens (including phenoxy) is 2. The van der Waals surface area contributed by atoms with Gasteiger partial charge in [0.25, 0.3) is 0 Å². The van der Waals surface area contributed by atoms with Crippen molar-refractivity contribution in [1.82, 2.24) is 0 Å². The molecule has 0 aromatic heterocycles. The second kappa shape index (κ2) is 5.32. The molecule has 0 saturated heterocycles. The third kappa shape index (κ3) is 3.22. The van der Waals surface area contributed by atoms with Gasteiger partial charge in [-0.25, -0.2) is 0 Å². The molecule has 16 heavy (non-hydrogen) atoms. The fourth-order valence-electron chi connectivity index (χ4n) is 1.60. The van der Waals surface area contributed by atoms with E-state index in [4.69, 9.17) is 9.47 Å². The predicted molar refractivity (Wildman–Crippen MR) is 63.7 cm³/mol. The van der Waals surface area contributed by atoms with Crippen LogP contribution in [0, 0.1) is 0 Å². The van der Waals surface area contributed by atoms with E-state index in [2.05, 4.69) is 0 Å². The van der Waals surface area contributed by atoms with Crippen LogP contribution >= 0.6 is 0 Å². The first kappa shape index (κ1) is 13.0. The lowest BCUT2D eigenvalue weighted by atomic mass is 9.95. The number of aliphatic hydroxyl groups is 1. The van der Waals surface area contributed by atoms with Crippen LogP contribution in [0.15, 0.2) is 24.3 Å². The highest BCUT2D eigenvalue weighted by molar-refractivity contribution is 5.35. The molecule has 0 saturated carbocycles. The number of hydrogen-bond donors (Lipinski definition) is 1. The fourth-order valence-corrected chi connectivity index (χ4v) is 1.60. The minimum absolute atomic E-state index is 0.347. The van der Waals surface area contributed by atoms with Crippen molar-refractivity contribution in [2.45, 2.75) is 32.0 Å². The van der Waals surface area contributed by atoms with Gasteiger partial charge in [-0.2, -0.15) is 0 Å². The maximum absolute atomic E-state index is 10.1. The molecule has 0 aliphatic heterocycles. The van der Waals surface area contributed by atoms with Crippen LogP contribution in [0.4, 0.5) is 0 Å². The van der Waals surface area contributed by atoms with Crippen molar-refractivity contribution in [1.29, 1.82) is 0 Å². The second-order valence-electron chi connectivity index (χ2n) is 4.43. The van der Waals surface area contributed by atoms with Crippen molar-refractivity contribution < 1.29 is 14.6 Å². The van der Waals surface area contributed by atoms with Crippen LogP contribution in [-0.2, 0) is 4.74 Å². The molecule has 1 aromatic carbocycles. The zero-order chi connectivity index (χ0) is 12.2. The minimum atomic E-state index is -0.578. The van der Waals surface area contributed by atoms with Crippen molar-refractivity contribution in [2.24, 2.45) is 0 Å². The lowest BCUT2D eigenvalue weighted by Crippen LogP contribution is -2.25. The molecule has 0 radical (unpaired) electrons. The van der Waals surface area contributed by atoms with Gasteiger partial charge in [-0.15, -0.1) is 0 Å². The number of methoxy groups -OCH3 is 2. The topological polar surface area (TPSA) is 38.7 Å². The molecule has 1 unspecified atom stereocenters. The summed E-state index contributed by atoms with van der Waals surface area (Å²) in [4.78, 5) is 0. The highest BCUT2D eigenvalue weighted by atomic mass is 16.5. The number of para-hydroxylation sites is 1. The Balaban J connectivity index is 2.84. The molecule has 0 aliphatic carbocycles. The number of benzene rings is 1. The molecule has 1 atom stereocenters. The molecule has 1 rings (SSSR count). The third-order valence-electron chi connectivity index (χ3n) is 2.74. The molecule has 3 heteroatoms. The van der Waals surface area contributed by atoms with E-state index in [1.807, 2.05) is 38.1 Å². The molecular weight excluding hydrogens is 204 g/mol. The van der Waals surface area contributed by atoms with Gasteiger partial charge in [0.1, 0.15) is 5.75 Å². The second-order valence-corrected chi connectivity index (χ2v) is 4.43. The Labute approximate surface area is 97.0 Å². The van der Waals surface area contributed by atoms with Gasteiger partial charge >= 0.3 is 0 Å². The van der Waals surface area contributed by atoms with Crippen LogP contribution in [0.1, 0.15) is 31.9 Å². The van der Waals surface area contributed by atoms with E-state index < -0.39 is 6.10 Å². The normalized spacial score (nSPS) is 13.6. The van der Waals surface area contributed by atoms with Crippen molar-refractivity contribution in [2.75, 3.05) is 14.2 Å². The van der Waals surface area contributed by atoms with Gasteiger partial charge in [0.2, 0.25) is 0 Å². The minimum Gasteiger partial charge on any atom is -0.496 e. The molecule has 0 fully saturated rings. The first-order valence-corrected chi connectivity index (χ1v) is 5.36. The maximum Gasteiger partial charge on any atom is 0.124 e. The summed E-state index contributed by atoms with van der Waals surface area (Å²) in [7, 11) is 3.25. The summed E-state index contributed by atoms with van der Waals surface area (Å²) in [5.41, 5.74) is 0.454. The summed E-state index contributed by atoms with van der Waals surface area (Å²) in [6.45, 7) is 3.90. The predicted octanol–water partition coefficient (Wildman–Crippen LogP) is 2.54. The Bertz CT molecular complexity index is 334. The van der Waals surface area contributed by atoms with Crippen LogP contribution in [0.5, 0.6) is 5.75 Å². The average molecular weight is 224 g/mol. The number of hydrogen-bond acceptors (Lipinski definition) is 3. The van der Waals surface area contributed by atoms with Crippen LogP contribution in [0.25, 0.3) is 0 Å². The third-order valence-corrected chi connectivity index (χ3v) is 2.74. The van der Waals surface area contributed by atoms with Gasteiger partial charge in [-0.1, -0.05) is 18.2 Å². The molecule has 0 bridgehead atoms. The lowest BCUT2D eigenvalue weighted by Gasteiger charge is -2.26. The lowest BCUT2D eigenvalue weighted by molar-refractivity contribution is -0.0205. The first-order valence-electron chi connectivity index (χ1n) is 5.36. The van der Waals surface area contributed by atoms with Gasteiger partial charge < -0.3 is 14.6 Å². The van der Waals surface area contributed by atoms with Crippen LogP contribution in [0.2, 0.25) is 0 Å².